The Morgan fingerprint density at radius 1 is 1.03 bits per heavy atom. The zero-order chi connectivity index (χ0) is 21.1. The van der Waals surface area contributed by atoms with Gasteiger partial charge in [-0.3, -0.25) is 4.72 Å². The maximum absolute atomic E-state index is 12.3. The number of amides is 2. The van der Waals surface area contributed by atoms with Crippen molar-refractivity contribution in [1.82, 2.24) is 10.5 Å². The number of aromatic nitrogens is 1. The third kappa shape index (κ3) is 8.15. The van der Waals surface area contributed by atoms with E-state index in [0.29, 0.717) is 18.0 Å². The topological polar surface area (TPSA) is 113 Å². The summed E-state index contributed by atoms with van der Waals surface area (Å²) in [5, 5.41) is 9.13. The highest BCUT2D eigenvalue weighted by molar-refractivity contribution is 7.92. The van der Waals surface area contributed by atoms with Gasteiger partial charge in [0.25, 0.3) is 10.0 Å². The molecule has 2 aromatic rings. The van der Waals surface area contributed by atoms with E-state index in [-0.39, 0.29) is 16.7 Å². The Morgan fingerprint density at radius 2 is 1.69 bits per heavy atom. The Labute approximate surface area is 172 Å². The molecule has 0 radical (unpaired) electrons. The molecule has 160 valence electrons. The second kappa shape index (κ2) is 11.5. The number of nitrogens with one attached hydrogen (secondary N) is 3. The minimum Gasteiger partial charge on any atom is -0.360 e. The summed E-state index contributed by atoms with van der Waals surface area (Å²) < 4.78 is 31.9. The number of hydrogen-bond donors (Lipinski definition) is 3. The van der Waals surface area contributed by atoms with E-state index >= 15 is 0 Å². The molecule has 0 aliphatic carbocycles. The van der Waals surface area contributed by atoms with Gasteiger partial charge in [-0.1, -0.05) is 50.6 Å². The number of anilines is 2. The van der Waals surface area contributed by atoms with Crippen LogP contribution < -0.4 is 15.4 Å². The van der Waals surface area contributed by atoms with Crippen molar-refractivity contribution in [3.05, 3.63) is 36.1 Å². The summed E-state index contributed by atoms with van der Waals surface area (Å²) in [5.41, 5.74) is 0.512. The number of benzene rings is 1. The molecule has 0 unspecified atom stereocenters. The van der Waals surface area contributed by atoms with Gasteiger partial charge in [0.15, 0.2) is 5.82 Å². The molecular formula is C20H30N4O4S. The van der Waals surface area contributed by atoms with Crippen LogP contribution >= 0.6 is 0 Å². The second-order valence-electron chi connectivity index (χ2n) is 6.95. The van der Waals surface area contributed by atoms with E-state index in [1.54, 1.807) is 6.92 Å². The van der Waals surface area contributed by atoms with Crippen molar-refractivity contribution >= 4 is 27.6 Å². The summed E-state index contributed by atoms with van der Waals surface area (Å²) in [4.78, 5) is 12.0. The lowest BCUT2D eigenvalue weighted by atomic mass is 10.1. The van der Waals surface area contributed by atoms with Crippen LogP contribution in [0.2, 0.25) is 0 Å². The molecule has 0 bridgehead atoms. The van der Waals surface area contributed by atoms with E-state index in [1.807, 2.05) is 0 Å². The number of nitrogens with zero attached hydrogens (tertiary/aromatic N) is 1. The zero-order valence-corrected chi connectivity index (χ0v) is 17.8. The smallest absolute Gasteiger partial charge is 0.319 e. The summed E-state index contributed by atoms with van der Waals surface area (Å²) in [6, 6.07) is 7.10. The maximum atomic E-state index is 12.3. The van der Waals surface area contributed by atoms with Gasteiger partial charge in [-0.15, -0.1) is 0 Å². The fourth-order valence-corrected chi connectivity index (χ4v) is 3.77. The van der Waals surface area contributed by atoms with E-state index < -0.39 is 10.0 Å². The first-order chi connectivity index (χ1) is 13.9. The van der Waals surface area contributed by atoms with Gasteiger partial charge >= 0.3 is 6.03 Å². The summed E-state index contributed by atoms with van der Waals surface area (Å²) >= 11 is 0. The molecule has 0 saturated carbocycles. The lowest BCUT2D eigenvalue weighted by molar-refractivity contribution is 0.252. The molecule has 0 spiro atoms. The van der Waals surface area contributed by atoms with Crippen molar-refractivity contribution in [2.24, 2.45) is 0 Å². The van der Waals surface area contributed by atoms with Crippen LogP contribution in [0.5, 0.6) is 0 Å². The van der Waals surface area contributed by atoms with Crippen LogP contribution in [0.3, 0.4) is 0 Å². The molecule has 29 heavy (non-hydrogen) atoms. The van der Waals surface area contributed by atoms with Gasteiger partial charge in [0.2, 0.25) is 0 Å². The largest absolute Gasteiger partial charge is 0.360 e. The summed E-state index contributed by atoms with van der Waals surface area (Å²) in [6.07, 6.45) is 8.31. The number of unbranched alkanes of at least 4 members (excludes halogenated alkanes) is 6. The molecule has 0 fully saturated rings. The standard InChI is InChI=1S/C20H30N4O4S/c1-3-4-5-6-7-8-9-14-21-20(25)22-17-10-12-18(13-11-17)29(26,27)24-19-15-16(2)28-23-19/h10-13,15H,3-9,14H2,1-2H3,(H,23,24)(H2,21,22,25). The number of rotatable bonds is 12. The van der Waals surface area contributed by atoms with Crippen LogP contribution in [0.25, 0.3) is 0 Å². The van der Waals surface area contributed by atoms with Gasteiger partial charge in [0, 0.05) is 18.3 Å². The molecule has 0 saturated heterocycles. The number of sulfonamides is 1. The summed E-state index contributed by atoms with van der Waals surface area (Å²) in [6.45, 7) is 4.49. The monoisotopic (exact) mass is 422 g/mol. The zero-order valence-electron chi connectivity index (χ0n) is 17.0. The number of hydrogen-bond acceptors (Lipinski definition) is 5. The number of carbonyl (C=O) groups excluding carboxylic acids is 1. The maximum Gasteiger partial charge on any atom is 0.319 e. The predicted octanol–water partition coefficient (Wildman–Crippen LogP) is 4.66. The summed E-state index contributed by atoms with van der Waals surface area (Å²) in [5.74, 6) is 0.624. The molecule has 1 aromatic heterocycles. The Bertz CT molecular complexity index is 863. The van der Waals surface area contributed by atoms with Crippen molar-refractivity contribution in [2.45, 2.75) is 63.7 Å². The molecule has 9 heteroatoms. The van der Waals surface area contributed by atoms with Crippen LogP contribution in [-0.4, -0.2) is 26.2 Å². The first kappa shape index (κ1) is 22.7. The molecule has 0 atom stereocenters. The molecular weight excluding hydrogens is 392 g/mol. The third-order valence-corrected chi connectivity index (χ3v) is 5.73. The normalized spacial score (nSPS) is 11.2. The van der Waals surface area contributed by atoms with Crippen molar-refractivity contribution in [2.75, 3.05) is 16.6 Å². The Morgan fingerprint density at radius 3 is 2.31 bits per heavy atom. The molecule has 1 aromatic carbocycles. The molecule has 0 aliphatic heterocycles. The van der Waals surface area contributed by atoms with Crippen molar-refractivity contribution in [3.63, 3.8) is 0 Å². The highest BCUT2D eigenvalue weighted by Crippen LogP contribution is 2.18. The van der Waals surface area contributed by atoms with Crippen molar-refractivity contribution < 1.29 is 17.7 Å². The van der Waals surface area contributed by atoms with Gasteiger partial charge < -0.3 is 15.2 Å². The Kier molecular flexibility index (Phi) is 8.98. The van der Waals surface area contributed by atoms with Crippen LogP contribution in [0.4, 0.5) is 16.3 Å². The first-order valence-electron chi connectivity index (χ1n) is 10.0. The van der Waals surface area contributed by atoms with Gasteiger partial charge in [0.05, 0.1) is 4.90 Å². The highest BCUT2D eigenvalue weighted by Gasteiger charge is 2.16. The number of carbonyl (C=O) groups is 1. The fourth-order valence-electron chi connectivity index (χ4n) is 2.79. The quantitative estimate of drug-likeness (QED) is 0.431. The first-order valence-corrected chi connectivity index (χ1v) is 11.5. The van der Waals surface area contributed by atoms with E-state index in [1.165, 1.54) is 62.4 Å². The van der Waals surface area contributed by atoms with E-state index in [2.05, 4.69) is 27.4 Å². The minimum absolute atomic E-state index is 0.0622. The lowest BCUT2D eigenvalue weighted by Crippen LogP contribution is -2.29. The van der Waals surface area contributed by atoms with E-state index in [9.17, 15) is 13.2 Å². The number of urea groups is 1. The molecule has 2 amide bonds. The van der Waals surface area contributed by atoms with Crippen LogP contribution in [-0.2, 0) is 10.0 Å². The average Bonchev–Trinajstić information content (AvgIpc) is 3.08. The third-order valence-electron chi connectivity index (χ3n) is 4.36. The van der Waals surface area contributed by atoms with E-state index in [0.717, 1.165) is 12.8 Å². The highest BCUT2D eigenvalue weighted by atomic mass is 32.2. The summed E-state index contributed by atoms with van der Waals surface area (Å²) in [7, 11) is -3.78. The molecule has 0 aliphatic rings. The molecule has 2 rings (SSSR count). The van der Waals surface area contributed by atoms with Gasteiger partial charge in [-0.05, 0) is 37.6 Å². The second-order valence-corrected chi connectivity index (χ2v) is 8.64. The van der Waals surface area contributed by atoms with Crippen LogP contribution in [0.15, 0.2) is 39.8 Å². The Hall–Kier alpha value is -2.55. The number of aryl methyl sites for hydroxylation is 1. The minimum atomic E-state index is -3.78. The van der Waals surface area contributed by atoms with E-state index in [4.69, 9.17) is 4.52 Å². The SMILES string of the molecule is CCCCCCCCCNC(=O)Nc1ccc(S(=O)(=O)Nc2cc(C)on2)cc1. The molecule has 8 nitrogen and oxygen atoms in total. The van der Waals surface area contributed by atoms with Crippen LogP contribution in [0, 0.1) is 6.92 Å². The van der Waals surface area contributed by atoms with Crippen molar-refractivity contribution in [1.29, 1.82) is 0 Å². The molecule has 1 heterocycles. The predicted molar refractivity (Wildman–Crippen MR) is 114 cm³/mol. The average molecular weight is 423 g/mol. The van der Waals surface area contributed by atoms with Crippen LogP contribution in [0.1, 0.15) is 57.6 Å². The Balaban J connectivity index is 1.73. The lowest BCUT2D eigenvalue weighted by Gasteiger charge is -2.09. The van der Waals surface area contributed by atoms with Gasteiger partial charge in [0.1, 0.15) is 5.76 Å². The van der Waals surface area contributed by atoms with Gasteiger partial charge in [-0.2, -0.15) is 0 Å². The van der Waals surface area contributed by atoms with Gasteiger partial charge in [-0.25, -0.2) is 13.2 Å². The fraction of sp³-hybridized carbons (Fsp3) is 0.500. The van der Waals surface area contributed by atoms with Crippen molar-refractivity contribution in [3.8, 4) is 0 Å². The molecule has 3 N–H and O–H groups in total.